The highest BCUT2D eigenvalue weighted by atomic mass is 32.2. The van der Waals surface area contributed by atoms with Gasteiger partial charge in [0.1, 0.15) is 5.54 Å². The van der Waals surface area contributed by atoms with Gasteiger partial charge in [-0.2, -0.15) is 4.72 Å². The molecule has 0 radical (unpaired) electrons. The van der Waals surface area contributed by atoms with E-state index in [0.29, 0.717) is 0 Å². The van der Waals surface area contributed by atoms with Crippen molar-refractivity contribution in [3.05, 3.63) is 34.4 Å². The number of rotatable bonds is 5. The van der Waals surface area contributed by atoms with Crippen molar-refractivity contribution >= 4 is 21.6 Å². The van der Waals surface area contributed by atoms with Gasteiger partial charge in [0.15, 0.2) is 4.90 Å². The maximum atomic E-state index is 12.3. The molecule has 0 aromatic heterocycles. The van der Waals surface area contributed by atoms with Crippen LogP contribution in [0, 0.1) is 10.1 Å². The molecule has 0 aliphatic carbocycles. The molecule has 0 fully saturated rings. The normalized spacial score (nSPS) is 12.0. The van der Waals surface area contributed by atoms with Gasteiger partial charge in [0.25, 0.3) is 5.69 Å². The third-order valence-corrected chi connectivity index (χ3v) is 4.39. The predicted molar refractivity (Wildman–Crippen MR) is 76.2 cm³/mol. The summed E-state index contributed by atoms with van der Waals surface area (Å²) in [6.07, 6.45) is 0. The summed E-state index contributed by atoms with van der Waals surface area (Å²) in [4.78, 5) is 22.9. The Kier molecular flexibility index (Phi) is 4.69. The van der Waals surface area contributed by atoms with Gasteiger partial charge in [-0.3, -0.25) is 14.9 Å². The van der Waals surface area contributed by atoms with E-state index in [1.165, 1.54) is 45.0 Å². The van der Waals surface area contributed by atoms with Crippen LogP contribution in [0.1, 0.15) is 13.8 Å². The molecule has 0 atom stereocenters. The summed E-state index contributed by atoms with van der Waals surface area (Å²) in [7, 11) is -1.23. The number of nitro benzene ring substituents is 1. The highest BCUT2D eigenvalue weighted by Crippen LogP contribution is 2.24. The van der Waals surface area contributed by atoms with E-state index >= 15 is 0 Å². The molecule has 1 amide bonds. The fourth-order valence-corrected chi connectivity index (χ4v) is 3.37. The van der Waals surface area contributed by atoms with Crippen LogP contribution in [0.5, 0.6) is 0 Å². The lowest BCUT2D eigenvalue weighted by Gasteiger charge is -2.27. The van der Waals surface area contributed by atoms with Crippen molar-refractivity contribution in [2.75, 3.05) is 14.1 Å². The molecular formula is C12H17N3O5S. The Morgan fingerprint density at radius 3 is 2.29 bits per heavy atom. The molecule has 21 heavy (non-hydrogen) atoms. The van der Waals surface area contributed by atoms with Gasteiger partial charge in [-0.05, 0) is 19.9 Å². The Morgan fingerprint density at radius 2 is 1.81 bits per heavy atom. The largest absolute Gasteiger partial charge is 0.347 e. The van der Waals surface area contributed by atoms with E-state index in [4.69, 9.17) is 0 Å². The minimum atomic E-state index is -4.21. The van der Waals surface area contributed by atoms with Crippen molar-refractivity contribution < 1.29 is 18.1 Å². The number of hydrogen-bond acceptors (Lipinski definition) is 5. The van der Waals surface area contributed by atoms with Crippen molar-refractivity contribution in [1.29, 1.82) is 0 Å². The fraction of sp³-hybridized carbons (Fsp3) is 0.417. The number of para-hydroxylation sites is 1. The number of amides is 1. The molecule has 0 spiro atoms. The minimum Gasteiger partial charge on any atom is -0.347 e. The van der Waals surface area contributed by atoms with Crippen LogP contribution in [-0.4, -0.2) is 43.8 Å². The molecule has 0 unspecified atom stereocenters. The summed E-state index contributed by atoms with van der Waals surface area (Å²) in [6.45, 7) is 2.78. The monoisotopic (exact) mass is 315 g/mol. The number of sulfonamides is 1. The Bertz CT molecular complexity index is 667. The maximum Gasteiger partial charge on any atom is 0.289 e. The first-order valence-electron chi connectivity index (χ1n) is 5.98. The van der Waals surface area contributed by atoms with Gasteiger partial charge in [0, 0.05) is 20.2 Å². The van der Waals surface area contributed by atoms with E-state index in [2.05, 4.69) is 4.72 Å². The number of carbonyl (C=O) groups excluding carboxylic acids is 1. The van der Waals surface area contributed by atoms with E-state index in [1.54, 1.807) is 0 Å². The molecule has 1 N–H and O–H groups in total. The zero-order valence-electron chi connectivity index (χ0n) is 12.2. The van der Waals surface area contributed by atoms with Crippen molar-refractivity contribution in [3.8, 4) is 0 Å². The van der Waals surface area contributed by atoms with Crippen molar-refractivity contribution in [2.45, 2.75) is 24.3 Å². The van der Waals surface area contributed by atoms with Gasteiger partial charge in [-0.15, -0.1) is 0 Å². The second-order valence-corrected chi connectivity index (χ2v) is 6.81. The van der Waals surface area contributed by atoms with Crippen LogP contribution in [0.4, 0.5) is 5.69 Å². The molecule has 0 saturated heterocycles. The molecule has 8 nitrogen and oxygen atoms in total. The van der Waals surface area contributed by atoms with E-state index < -0.39 is 37.0 Å². The summed E-state index contributed by atoms with van der Waals surface area (Å²) < 4.78 is 26.8. The summed E-state index contributed by atoms with van der Waals surface area (Å²) in [5, 5.41) is 10.9. The second kappa shape index (κ2) is 5.78. The number of nitrogens with one attached hydrogen (secondary N) is 1. The van der Waals surface area contributed by atoms with Gasteiger partial charge in [-0.25, -0.2) is 8.42 Å². The number of nitrogens with zero attached hydrogens (tertiary/aromatic N) is 2. The second-order valence-electron chi connectivity index (χ2n) is 5.15. The van der Waals surface area contributed by atoms with E-state index in [-0.39, 0.29) is 0 Å². The summed E-state index contributed by atoms with van der Waals surface area (Å²) in [5.74, 6) is -0.468. The van der Waals surface area contributed by atoms with Crippen LogP contribution in [0.3, 0.4) is 0 Å². The topological polar surface area (TPSA) is 110 Å². The Morgan fingerprint density at radius 1 is 1.29 bits per heavy atom. The van der Waals surface area contributed by atoms with Crippen LogP contribution in [-0.2, 0) is 14.8 Å². The third kappa shape index (κ3) is 3.76. The smallest absolute Gasteiger partial charge is 0.289 e. The number of likely N-dealkylation sites (N-methyl/N-ethyl adjacent to an activating group) is 1. The molecule has 0 saturated carbocycles. The van der Waals surface area contributed by atoms with Crippen LogP contribution >= 0.6 is 0 Å². The van der Waals surface area contributed by atoms with Crippen LogP contribution in [0.15, 0.2) is 29.2 Å². The van der Waals surface area contributed by atoms with Gasteiger partial charge in [0.2, 0.25) is 15.9 Å². The molecule has 1 aromatic carbocycles. The molecule has 0 aliphatic rings. The zero-order chi connectivity index (χ0) is 16.4. The lowest BCUT2D eigenvalue weighted by molar-refractivity contribution is -0.387. The molecule has 1 rings (SSSR count). The van der Waals surface area contributed by atoms with Crippen LogP contribution < -0.4 is 4.72 Å². The van der Waals surface area contributed by atoms with E-state index in [1.807, 2.05) is 0 Å². The van der Waals surface area contributed by atoms with Gasteiger partial charge >= 0.3 is 0 Å². The van der Waals surface area contributed by atoms with Gasteiger partial charge in [-0.1, -0.05) is 12.1 Å². The number of benzene rings is 1. The quantitative estimate of drug-likeness (QED) is 0.636. The van der Waals surface area contributed by atoms with E-state index in [0.717, 1.165) is 12.1 Å². The SMILES string of the molecule is CN(C)C(=O)C(C)(C)NS(=O)(=O)c1ccccc1[N+](=O)[O-]. The average Bonchev–Trinajstić information content (AvgIpc) is 2.36. The molecule has 0 heterocycles. The zero-order valence-corrected chi connectivity index (χ0v) is 13.0. The predicted octanol–water partition coefficient (Wildman–Crippen LogP) is 0.740. The van der Waals surface area contributed by atoms with Crippen molar-refractivity contribution in [1.82, 2.24) is 9.62 Å². The number of nitro groups is 1. The number of carbonyl (C=O) groups is 1. The first-order valence-corrected chi connectivity index (χ1v) is 7.46. The summed E-state index contributed by atoms with van der Waals surface area (Å²) >= 11 is 0. The third-order valence-electron chi connectivity index (χ3n) is 2.68. The average molecular weight is 315 g/mol. The van der Waals surface area contributed by atoms with Crippen molar-refractivity contribution in [3.63, 3.8) is 0 Å². The number of hydrogen-bond donors (Lipinski definition) is 1. The standard InChI is InChI=1S/C12H17N3O5S/c1-12(2,11(16)14(3)4)13-21(19,20)10-8-6-5-7-9(10)15(17)18/h5-8,13H,1-4H3. The highest BCUT2D eigenvalue weighted by molar-refractivity contribution is 7.89. The maximum absolute atomic E-state index is 12.3. The Labute approximate surface area is 123 Å². The molecule has 116 valence electrons. The molecule has 1 aromatic rings. The summed E-state index contributed by atoms with van der Waals surface area (Å²) in [6, 6.07) is 4.96. The minimum absolute atomic E-state index is 0.468. The molecule has 9 heteroatoms. The molecule has 0 aliphatic heterocycles. The van der Waals surface area contributed by atoms with Gasteiger partial charge < -0.3 is 4.90 Å². The van der Waals surface area contributed by atoms with Gasteiger partial charge in [0.05, 0.1) is 4.92 Å². The summed E-state index contributed by atoms with van der Waals surface area (Å²) in [5.41, 5.74) is -1.97. The molecule has 0 bridgehead atoms. The first-order chi connectivity index (χ1) is 9.49. The van der Waals surface area contributed by atoms with Crippen LogP contribution in [0.25, 0.3) is 0 Å². The fourth-order valence-electron chi connectivity index (χ4n) is 1.83. The lowest BCUT2D eigenvalue weighted by Crippen LogP contribution is -2.54. The van der Waals surface area contributed by atoms with Crippen LogP contribution in [0.2, 0.25) is 0 Å². The van der Waals surface area contributed by atoms with Crippen molar-refractivity contribution in [2.24, 2.45) is 0 Å². The lowest BCUT2D eigenvalue weighted by atomic mass is 10.1. The molecular weight excluding hydrogens is 298 g/mol. The van der Waals surface area contributed by atoms with E-state index in [9.17, 15) is 23.3 Å². The first kappa shape index (κ1) is 17.1. The Balaban J connectivity index is 3.25. The Hall–Kier alpha value is -2.00. The highest BCUT2D eigenvalue weighted by Gasteiger charge is 2.36.